The van der Waals surface area contributed by atoms with Crippen LogP contribution in [-0.2, 0) is 9.59 Å². The lowest BCUT2D eigenvalue weighted by atomic mass is 9.94. The molecule has 1 amide bonds. The molecule has 0 spiro atoms. The lowest BCUT2D eigenvalue weighted by Crippen LogP contribution is -2.50. The number of likely N-dealkylation sites (tertiary alicyclic amines) is 1. The van der Waals surface area contributed by atoms with Crippen LogP contribution in [0.25, 0.3) is 0 Å². The number of nitrogens with zero attached hydrogens (tertiary/aromatic N) is 1. The van der Waals surface area contributed by atoms with Crippen LogP contribution >= 0.6 is 0 Å². The molecule has 2 atom stereocenters. The predicted octanol–water partition coefficient (Wildman–Crippen LogP) is 1.19. The topological polar surface area (TPSA) is 83.6 Å². The minimum atomic E-state index is -0.929. The number of carboxylic acid groups (broad SMARTS) is 1. The van der Waals surface area contributed by atoms with Crippen LogP contribution in [0.4, 0.5) is 0 Å². The van der Waals surface area contributed by atoms with Crippen LogP contribution in [0, 0.1) is 0 Å². The van der Waals surface area contributed by atoms with Gasteiger partial charge in [-0.3, -0.25) is 4.79 Å². The fraction of sp³-hybridized carbons (Fsp3) is 0.467. The highest BCUT2D eigenvalue weighted by molar-refractivity contribution is 5.88. The zero-order chi connectivity index (χ0) is 14.5. The minimum Gasteiger partial charge on any atom is -0.480 e. The molecule has 0 saturated carbocycles. The number of carbonyl (C=O) groups excluding carboxylic acids is 1. The molecule has 0 radical (unpaired) electrons. The lowest BCUT2D eigenvalue weighted by molar-refractivity contribution is -0.152. The van der Waals surface area contributed by atoms with Gasteiger partial charge >= 0.3 is 5.97 Å². The summed E-state index contributed by atoms with van der Waals surface area (Å²) in [5.41, 5.74) is 6.58. The Morgan fingerprint density at radius 2 is 2.00 bits per heavy atom. The molecule has 0 bridgehead atoms. The second-order valence-electron chi connectivity index (χ2n) is 5.08. The fourth-order valence-corrected chi connectivity index (χ4v) is 2.72. The maximum atomic E-state index is 12.6. The van der Waals surface area contributed by atoms with E-state index in [1.165, 1.54) is 4.90 Å². The van der Waals surface area contributed by atoms with Gasteiger partial charge in [0.05, 0.1) is 5.92 Å². The summed E-state index contributed by atoms with van der Waals surface area (Å²) >= 11 is 0. The van der Waals surface area contributed by atoms with Crippen LogP contribution < -0.4 is 5.73 Å². The summed E-state index contributed by atoms with van der Waals surface area (Å²) in [6.07, 6.45) is 2.22. The number of carbonyl (C=O) groups is 2. The van der Waals surface area contributed by atoms with E-state index >= 15 is 0 Å². The van der Waals surface area contributed by atoms with Gasteiger partial charge in [0.25, 0.3) is 0 Å². The van der Waals surface area contributed by atoms with Crippen LogP contribution in [-0.4, -0.2) is 41.0 Å². The van der Waals surface area contributed by atoms with Crippen molar-refractivity contribution in [3.63, 3.8) is 0 Å². The molecule has 108 valence electrons. The normalized spacial score (nSPS) is 20.4. The Morgan fingerprint density at radius 3 is 2.60 bits per heavy atom. The summed E-state index contributed by atoms with van der Waals surface area (Å²) < 4.78 is 0. The van der Waals surface area contributed by atoms with Gasteiger partial charge in [-0.15, -0.1) is 0 Å². The quantitative estimate of drug-likeness (QED) is 0.865. The number of carboxylic acids is 1. The van der Waals surface area contributed by atoms with Crippen LogP contribution in [0.5, 0.6) is 0 Å². The van der Waals surface area contributed by atoms with Gasteiger partial charge in [0.2, 0.25) is 5.91 Å². The monoisotopic (exact) mass is 276 g/mol. The van der Waals surface area contributed by atoms with E-state index in [2.05, 4.69) is 0 Å². The van der Waals surface area contributed by atoms with Gasteiger partial charge in [-0.1, -0.05) is 30.3 Å². The molecule has 0 aliphatic carbocycles. The second-order valence-corrected chi connectivity index (χ2v) is 5.08. The van der Waals surface area contributed by atoms with E-state index in [1.807, 2.05) is 30.3 Å². The lowest BCUT2D eigenvalue weighted by Gasteiger charge is -2.35. The second kappa shape index (κ2) is 6.52. The zero-order valence-electron chi connectivity index (χ0n) is 11.4. The Kier molecular flexibility index (Phi) is 4.74. The largest absolute Gasteiger partial charge is 0.480 e. The van der Waals surface area contributed by atoms with E-state index in [9.17, 15) is 14.7 Å². The van der Waals surface area contributed by atoms with Crippen LogP contribution in [0.2, 0.25) is 0 Å². The average Bonchev–Trinajstić information content (AvgIpc) is 2.49. The smallest absolute Gasteiger partial charge is 0.326 e. The molecule has 1 aromatic rings. The van der Waals surface area contributed by atoms with Crippen LogP contribution in [0.1, 0.15) is 30.7 Å². The van der Waals surface area contributed by atoms with E-state index in [1.54, 1.807) is 0 Å². The number of hydrogen-bond donors (Lipinski definition) is 2. The van der Waals surface area contributed by atoms with Crippen molar-refractivity contribution < 1.29 is 14.7 Å². The first-order valence-electron chi connectivity index (χ1n) is 6.93. The highest BCUT2D eigenvalue weighted by Gasteiger charge is 2.35. The zero-order valence-corrected chi connectivity index (χ0v) is 11.4. The first kappa shape index (κ1) is 14.5. The molecule has 20 heavy (non-hydrogen) atoms. The van der Waals surface area contributed by atoms with Gasteiger partial charge in [-0.25, -0.2) is 4.79 Å². The molecule has 1 heterocycles. The van der Waals surface area contributed by atoms with Gasteiger partial charge in [-0.05, 0) is 24.8 Å². The Morgan fingerprint density at radius 1 is 1.30 bits per heavy atom. The molecular formula is C15H20N2O3. The average molecular weight is 276 g/mol. The number of rotatable bonds is 4. The number of aliphatic carboxylic acids is 1. The molecule has 1 saturated heterocycles. The molecule has 3 N–H and O–H groups in total. The molecule has 1 aliphatic heterocycles. The molecule has 1 fully saturated rings. The van der Waals surface area contributed by atoms with Crippen molar-refractivity contribution in [3.8, 4) is 0 Å². The van der Waals surface area contributed by atoms with Crippen LogP contribution in [0.3, 0.4) is 0 Å². The highest BCUT2D eigenvalue weighted by Crippen LogP contribution is 2.24. The van der Waals surface area contributed by atoms with Gasteiger partial charge in [-0.2, -0.15) is 0 Å². The van der Waals surface area contributed by atoms with Crippen molar-refractivity contribution in [1.82, 2.24) is 4.90 Å². The van der Waals surface area contributed by atoms with E-state index < -0.39 is 17.9 Å². The summed E-state index contributed by atoms with van der Waals surface area (Å²) in [7, 11) is 0. The Hall–Kier alpha value is -1.88. The Labute approximate surface area is 118 Å². The third-order valence-corrected chi connectivity index (χ3v) is 3.81. The predicted molar refractivity (Wildman–Crippen MR) is 75.2 cm³/mol. The molecule has 1 aromatic carbocycles. The maximum Gasteiger partial charge on any atom is 0.326 e. The van der Waals surface area contributed by atoms with Gasteiger partial charge in [0.1, 0.15) is 6.04 Å². The maximum absolute atomic E-state index is 12.6. The van der Waals surface area contributed by atoms with Crippen molar-refractivity contribution in [3.05, 3.63) is 35.9 Å². The molecule has 1 unspecified atom stereocenters. The van der Waals surface area contributed by atoms with Crippen molar-refractivity contribution in [1.29, 1.82) is 0 Å². The van der Waals surface area contributed by atoms with E-state index in [4.69, 9.17) is 5.73 Å². The summed E-state index contributed by atoms with van der Waals surface area (Å²) in [6, 6.07) is 8.59. The van der Waals surface area contributed by atoms with Crippen molar-refractivity contribution in [2.24, 2.45) is 5.73 Å². The highest BCUT2D eigenvalue weighted by atomic mass is 16.4. The number of nitrogens with two attached hydrogens (primary N) is 1. The first-order valence-corrected chi connectivity index (χ1v) is 6.93. The molecule has 5 heteroatoms. The number of hydrogen-bond acceptors (Lipinski definition) is 3. The SMILES string of the molecule is NCC(C(=O)N1CCCC[C@@H]1C(=O)O)c1ccccc1. The summed E-state index contributed by atoms with van der Waals surface area (Å²) in [6.45, 7) is 0.685. The Balaban J connectivity index is 2.21. The number of benzene rings is 1. The van der Waals surface area contributed by atoms with Gasteiger partial charge < -0.3 is 15.7 Å². The van der Waals surface area contributed by atoms with E-state index in [0.717, 1.165) is 18.4 Å². The summed E-state index contributed by atoms with van der Waals surface area (Å²) in [5.74, 6) is -1.57. The number of piperidine rings is 1. The van der Waals surface area contributed by atoms with Crippen molar-refractivity contribution >= 4 is 11.9 Å². The third-order valence-electron chi connectivity index (χ3n) is 3.81. The van der Waals surface area contributed by atoms with E-state index in [0.29, 0.717) is 13.0 Å². The minimum absolute atomic E-state index is 0.175. The molecule has 2 rings (SSSR count). The fourth-order valence-electron chi connectivity index (χ4n) is 2.72. The number of amides is 1. The molecule has 1 aliphatic rings. The summed E-state index contributed by atoms with van der Waals surface area (Å²) in [4.78, 5) is 25.4. The standard InChI is InChI=1S/C15H20N2O3/c16-10-12(11-6-2-1-3-7-11)14(18)17-9-5-4-8-13(17)15(19)20/h1-3,6-7,12-13H,4-5,8-10,16H2,(H,19,20)/t12?,13-/m1/s1. The molecule has 5 nitrogen and oxygen atoms in total. The van der Waals surface area contributed by atoms with E-state index in [-0.39, 0.29) is 12.5 Å². The first-order chi connectivity index (χ1) is 9.65. The molecule has 0 aromatic heterocycles. The van der Waals surface area contributed by atoms with Gasteiger partial charge in [0.15, 0.2) is 0 Å². The molecular weight excluding hydrogens is 256 g/mol. The van der Waals surface area contributed by atoms with Crippen LogP contribution in [0.15, 0.2) is 30.3 Å². The summed E-state index contributed by atoms with van der Waals surface area (Å²) in [5, 5.41) is 9.26. The van der Waals surface area contributed by atoms with Gasteiger partial charge in [0, 0.05) is 13.1 Å². The Bertz CT molecular complexity index is 475. The van der Waals surface area contributed by atoms with Crippen molar-refractivity contribution in [2.75, 3.05) is 13.1 Å². The third kappa shape index (κ3) is 2.99. The van der Waals surface area contributed by atoms with Crippen molar-refractivity contribution in [2.45, 2.75) is 31.2 Å².